The molecule has 0 aromatic carbocycles. The molecule has 0 spiro atoms. The van der Waals surface area contributed by atoms with Crippen molar-refractivity contribution in [3.05, 3.63) is 0 Å². The minimum atomic E-state index is -0.182. The molecule has 0 saturated carbocycles. The van der Waals surface area contributed by atoms with Crippen LogP contribution in [0.25, 0.3) is 0 Å². The van der Waals surface area contributed by atoms with Crippen molar-refractivity contribution < 1.29 is 9.53 Å². The Hall–Kier alpha value is -0.570. The summed E-state index contributed by atoms with van der Waals surface area (Å²) in [5.41, 5.74) is 4.50. The molecule has 0 heterocycles. The van der Waals surface area contributed by atoms with E-state index in [2.05, 4.69) is 17.4 Å². The molecule has 0 unspecified atom stereocenters. The Kier molecular flexibility index (Phi) is 13.7. The molecule has 0 aliphatic rings. The molecule has 0 amide bonds. The molecular weight excluding hydrogens is 130 g/mol. The molecule has 0 rings (SSSR count). The molecule has 0 aliphatic carbocycles. The Morgan fingerprint density at radius 2 is 2.00 bits per heavy atom. The Morgan fingerprint density at radius 1 is 1.50 bits per heavy atom. The number of ether oxygens (including phenoxy) is 1. The van der Waals surface area contributed by atoms with Crippen molar-refractivity contribution in [3.63, 3.8) is 0 Å². The van der Waals surface area contributed by atoms with Crippen LogP contribution in [0.1, 0.15) is 26.7 Å². The molecule has 3 heteroatoms. The van der Waals surface area contributed by atoms with Gasteiger partial charge in [0, 0.05) is 6.92 Å². The molecule has 0 aromatic rings. The molecule has 3 nitrogen and oxygen atoms in total. The molecule has 10 heavy (non-hydrogen) atoms. The van der Waals surface area contributed by atoms with Crippen LogP contribution < -0.4 is 5.73 Å². The molecule has 0 saturated heterocycles. The minimum absolute atomic E-state index is 0.182. The molecule has 0 bridgehead atoms. The van der Waals surface area contributed by atoms with Gasteiger partial charge in [-0.2, -0.15) is 0 Å². The molecule has 0 aliphatic heterocycles. The summed E-state index contributed by atoms with van der Waals surface area (Å²) >= 11 is 0. The number of unbranched alkanes of at least 4 members (excludes halogenated alkanes) is 1. The smallest absolute Gasteiger partial charge is 0.302 e. The SMILES string of the molecule is CCCCOC(C)=O.CN. The van der Waals surface area contributed by atoms with E-state index in [-0.39, 0.29) is 5.97 Å². The highest BCUT2D eigenvalue weighted by atomic mass is 16.5. The highest BCUT2D eigenvalue weighted by molar-refractivity contribution is 5.65. The number of nitrogens with two attached hydrogens (primary N) is 1. The molecular formula is C7H17NO2. The number of carbonyl (C=O) groups is 1. The molecule has 2 N–H and O–H groups in total. The summed E-state index contributed by atoms with van der Waals surface area (Å²) in [7, 11) is 1.50. The zero-order chi connectivity index (χ0) is 8.41. The highest BCUT2D eigenvalue weighted by Gasteiger charge is 1.88. The zero-order valence-corrected chi connectivity index (χ0v) is 7.02. The number of hydrogen-bond donors (Lipinski definition) is 1. The predicted octanol–water partition coefficient (Wildman–Crippen LogP) is 0.924. The standard InChI is InChI=1S/C6H12O2.CH5N/c1-3-4-5-8-6(2)7;1-2/h3-5H2,1-2H3;2H2,1H3. The topological polar surface area (TPSA) is 52.3 Å². The van der Waals surface area contributed by atoms with E-state index in [1.807, 2.05) is 0 Å². The van der Waals surface area contributed by atoms with Gasteiger partial charge >= 0.3 is 5.97 Å². The van der Waals surface area contributed by atoms with E-state index < -0.39 is 0 Å². The fourth-order valence-corrected chi connectivity index (χ4v) is 0.360. The third kappa shape index (κ3) is 15.7. The second-order valence-corrected chi connectivity index (χ2v) is 1.69. The fraction of sp³-hybridized carbons (Fsp3) is 0.857. The van der Waals surface area contributed by atoms with E-state index in [4.69, 9.17) is 0 Å². The average Bonchev–Trinajstić information content (AvgIpc) is 1.92. The van der Waals surface area contributed by atoms with Crippen LogP contribution in [0.15, 0.2) is 0 Å². The summed E-state index contributed by atoms with van der Waals surface area (Å²) in [6, 6.07) is 0. The lowest BCUT2D eigenvalue weighted by Gasteiger charge is -1.96. The van der Waals surface area contributed by atoms with E-state index in [9.17, 15) is 4.79 Å². The van der Waals surface area contributed by atoms with E-state index >= 15 is 0 Å². The van der Waals surface area contributed by atoms with Crippen molar-refractivity contribution in [2.75, 3.05) is 13.7 Å². The van der Waals surface area contributed by atoms with Crippen LogP contribution in [-0.4, -0.2) is 19.6 Å². The van der Waals surface area contributed by atoms with Crippen LogP contribution in [-0.2, 0) is 9.53 Å². The van der Waals surface area contributed by atoms with Crippen molar-refractivity contribution in [1.29, 1.82) is 0 Å². The second kappa shape index (κ2) is 11.3. The lowest BCUT2D eigenvalue weighted by Crippen LogP contribution is -1.99. The third-order valence-corrected chi connectivity index (χ3v) is 0.803. The van der Waals surface area contributed by atoms with Gasteiger partial charge in [-0.3, -0.25) is 4.79 Å². The van der Waals surface area contributed by atoms with Gasteiger partial charge in [0.05, 0.1) is 6.61 Å². The van der Waals surface area contributed by atoms with Gasteiger partial charge in [-0.25, -0.2) is 0 Å². The van der Waals surface area contributed by atoms with Gasteiger partial charge in [0.15, 0.2) is 0 Å². The van der Waals surface area contributed by atoms with E-state index in [0.717, 1.165) is 12.8 Å². The van der Waals surface area contributed by atoms with Crippen molar-refractivity contribution in [3.8, 4) is 0 Å². The van der Waals surface area contributed by atoms with Gasteiger partial charge in [-0.05, 0) is 13.5 Å². The summed E-state index contributed by atoms with van der Waals surface area (Å²) in [5, 5.41) is 0. The van der Waals surface area contributed by atoms with E-state index in [1.165, 1.54) is 14.0 Å². The second-order valence-electron chi connectivity index (χ2n) is 1.69. The summed E-state index contributed by atoms with van der Waals surface area (Å²) in [5.74, 6) is -0.182. The number of rotatable bonds is 3. The van der Waals surface area contributed by atoms with Crippen LogP contribution in [0, 0.1) is 0 Å². The van der Waals surface area contributed by atoms with Crippen molar-refractivity contribution >= 4 is 5.97 Å². The normalized spacial score (nSPS) is 7.60. The minimum Gasteiger partial charge on any atom is -0.466 e. The van der Waals surface area contributed by atoms with Crippen LogP contribution in [0.5, 0.6) is 0 Å². The third-order valence-electron chi connectivity index (χ3n) is 0.803. The lowest BCUT2D eigenvalue weighted by atomic mass is 10.4. The first-order valence-electron chi connectivity index (χ1n) is 3.48. The van der Waals surface area contributed by atoms with Gasteiger partial charge in [-0.1, -0.05) is 13.3 Å². The number of esters is 1. The quantitative estimate of drug-likeness (QED) is 0.477. The Labute approximate surface area is 62.5 Å². The Bertz CT molecular complexity index is 74.0. The first-order chi connectivity index (χ1) is 4.77. The highest BCUT2D eigenvalue weighted by Crippen LogP contribution is 1.86. The number of hydrogen-bond acceptors (Lipinski definition) is 3. The fourth-order valence-electron chi connectivity index (χ4n) is 0.360. The van der Waals surface area contributed by atoms with Crippen LogP contribution >= 0.6 is 0 Å². The first-order valence-corrected chi connectivity index (χ1v) is 3.48. The summed E-state index contributed by atoms with van der Waals surface area (Å²) < 4.78 is 4.64. The van der Waals surface area contributed by atoms with Gasteiger partial charge in [-0.15, -0.1) is 0 Å². The maximum atomic E-state index is 10.1. The Morgan fingerprint density at radius 3 is 2.30 bits per heavy atom. The van der Waals surface area contributed by atoms with E-state index in [0.29, 0.717) is 6.61 Å². The summed E-state index contributed by atoms with van der Waals surface area (Å²) in [4.78, 5) is 10.1. The molecule has 0 radical (unpaired) electrons. The van der Waals surface area contributed by atoms with E-state index in [1.54, 1.807) is 0 Å². The lowest BCUT2D eigenvalue weighted by molar-refractivity contribution is -0.141. The van der Waals surface area contributed by atoms with Gasteiger partial charge in [0.25, 0.3) is 0 Å². The maximum absolute atomic E-state index is 10.1. The van der Waals surface area contributed by atoms with Crippen molar-refractivity contribution in [2.24, 2.45) is 5.73 Å². The van der Waals surface area contributed by atoms with Crippen LogP contribution in [0.2, 0.25) is 0 Å². The zero-order valence-electron chi connectivity index (χ0n) is 7.02. The number of carbonyl (C=O) groups excluding carboxylic acids is 1. The molecule has 0 fully saturated rings. The summed E-state index contributed by atoms with van der Waals surface area (Å²) in [6.07, 6.45) is 2.05. The van der Waals surface area contributed by atoms with Crippen molar-refractivity contribution in [1.82, 2.24) is 0 Å². The Balaban J connectivity index is 0. The summed E-state index contributed by atoms with van der Waals surface area (Å²) in [6.45, 7) is 4.06. The molecule has 62 valence electrons. The van der Waals surface area contributed by atoms with Gasteiger partial charge in [0.1, 0.15) is 0 Å². The van der Waals surface area contributed by atoms with Gasteiger partial charge < -0.3 is 10.5 Å². The van der Waals surface area contributed by atoms with Crippen molar-refractivity contribution in [2.45, 2.75) is 26.7 Å². The molecule has 0 aromatic heterocycles. The van der Waals surface area contributed by atoms with Crippen LogP contribution in [0.3, 0.4) is 0 Å². The van der Waals surface area contributed by atoms with Crippen LogP contribution in [0.4, 0.5) is 0 Å². The maximum Gasteiger partial charge on any atom is 0.302 e. The first kappa shape index (κ1) is 12.1. The van der Waals surface area contributed by atoms with Gasteiger partial charge in [0.2, 0.25) is 0 Å². The monoisotopic (exact) mass is 147 g/mol. The molecule has 0 atom stereocenters. The largest absolute Gasteiger partial charge is 0.466 e. The average molecular weight is 147 g/mol. The predicted molar refractivity (Wildman–Crippen MR) is 41.7 cm³/mol.